The first-order valence-corrected chi connectivity index (χ1v) is 9.22. The Hall–Kier alpha value is -2.70. The fourth-order valence-electron chi connectivity index (χ4n) is 2.13. The summed E-state index contributed by atoms with van der Waals surface area (Å²) in [5.41, 5.74) is 1.48. The van der Waals surface area contributed by atoms with Gasteiger partial charge in [0.1, 0.15) is 18.1 Å². The second-order valence-corrected chi connectivity index (χ2v) is 6.56. The SMILES string of the molecule is CNc1cc(NCCCn2cc[n+](C)c2)ccc1[N+](=O)[O-].COS(=O)(=O)[O-]. The summed E-state index contributed by atoms with van der Waals surface area (Å²) in [5.74, 6) is 0. The van der Waals surface area contributed by atoms with Crippen molar-refractivity contribution in [3.63, 3.8) is 0 Å². The average molecular weight is 401 g/mol. The third kappa shape index (κ3) is 8.48. The molecule has 0 fully saturated rings. The molecule has 2 rings (SSSR count). The van der Waals surface area contributed by atoms with E-state index in [1.165, 1.54) is 6.07 Å². The Labute approximate surface area is 157 Å². The quantitative estimate of drug-likeness (QED) is 0.166. The lowest BCUT2D eigenvalue weighted by Gasteiger charge is -2.08. The number of rotatable bonds is 8. The van der Waals surface area contributed by atoms with Crippen molar-refractivity contribution in [2.75, 3.05) is 31.3 Å². The van der Waals surface area contributed by atoms with Gasteiger partial charge >= 0.3 is 0 Å². The minimum Gasteiger partial charge on any atom is -0.726 e. The van der Waals surface area contributed by atoms with Crippen LogP contribution in [0.25, 0.3) is 0 Å². The third-order valence-electron chi connectivity index (χ3n) is 3.41. The standard InChI is InChI=1S/C14H20N5O2.CH4O4S/c1-15-13-10-12(4-5-14(13)19(20)21)16-6-3-7-18-9-8-17(2)11-18;1-5-6(2,3)4/h4-5,8-11,15-16H,3,6-7H2,1-2H3;1H3,(H,2,3,4)/q+1;/p-1. The molecule has 1 aromatic carbocycles. The first kappa shape index (κ1) is 22.3. The molecule has 0 spiro atoms. The highest BCUT2D eigenvalue weighted by atomic mass is 32.3. The van der Waals surface area contributed by atoms with Gasteiger partial charge in [-0.15, -0.1) is 0 Å². The number of hydrogen-bond acceptors (Lipinski definition) is 8. The minimum atomic E-state index is -4.41. The van der Waals surface area contributed by atoms with Gasteiger partial charge in [0.2, 0.25) is 16.7 Å². The molecular weight excluding hydrogens is 378 g/mol. The number of nitrogens with one attached hydrogen (secondary N) is 2. The van der Waals surface area contributed by atoms with Crippen LogP contribution >= 0.6 is 0 Å². The van der Waals surface area contributed by atoms with Gasteiger partial charge in [-0.3, -0.25) is 14.3 Å². The molecule has 0 radical (unpaired) electrons. The molecule has 2 aromatic rings. The molecule has 0 saturated heterocycles. The number of anilines is 2. The van der Waals surface area contributed by atoms with Crippen molar-refractivity contribution in [2.24, 2.45) is 7.05 Å². The Morgan fingerprint density at radius 3 is 2.52 bits per heavy atom. The first-order chi connectivity index (χ1) is 12.7. The molecule has 0 amide bonds. The number of imidazole rings is 1. The van der Waals surface area contributed by atoms with E-state index in [9.17, 15) is 23.1 Å². The molecular formula is C15H23N5O6S. The Balaban J connectivity index is 0.000000527. The summed E-state index contributed by atoms with van der Waals surface area (Å²) in [6, 6.07) is 5.00. The maximum Gasteiger partial charge on any atom is 0.292 e. The van der Waals surface area contributed by atoms with Gasteiger partial charge in [-0.05, 0) is 12.1 Å². The Morgan fingerprint density at radius 2 is 2.04 bits per heavy atom. The predicted octanol–water partition coefficient (Wildman–Crippen LogP) is 0.858. The number of aryl methyl sites for hydroxylation is 2. The summed E-state index contributed by atoms with van der Waals surface area (Å²) in [5, 5.41) is 17.0. The van der Waals surface area contributed by atoms with E-state index < -0.39 is 10.4 Å². The van der Waals surface area contributed by atoms with Crippen LogP contribution < -0.4 is 15.2 Å². The van der Waals surface area contributed by atoms with Crippen molar-refractivity contribution >= 4 is 27.5 Å². The van der Waals surface area contributed by atoms with E-state index in [0.29, 0.717) is 5.69 Å². The van der Waals surface area contributed by atoms with Gasteiger partial charge in [-0.1, -0.05) is 0 Å². The van der Waals surface area contributed by atoms with Crippen LogP contribution in [-0.4, -0.2) is 43.2 Å². The third-order valence-corrected chi connectivity index (χ3v) is 3.82. The van der Waals surface area contributed by atoms with Crippen molar-refractivity contribution in [2.45, 2.75) is 13.0 Å². The van der Waals surface area contributed by atoms with Crippen LogP contribution in [0.2, 0.25) is 0 Å². The molecule has 0 unspecified atom stereocenters. The summed E-state index contributed by atoms with van der Waals surface area (Å²) < 4.78 is 35.1. The van der Waals surface area contributed by atoms with E-state index in [0.717, 1.165) is 32.3 Å². The van der Waals surface area contributed by atoms with Crippen molar-refractivity contribution < 1.29 is 26.6 Å². The smallest absolute Gasteiger partial charge is 0.292 e. The maximum absolute atomic E-state index is 10.9. The highest BCUT2D eigenvalue weighted by molar-refractivity contribution is 7.80. The Morgan fingerprint density at radius 1 is 1.37 bits per heavy atom. The summed E-state index contributed by atoms with van der Waals surface area (Å²) in [6.45, 7) is 1.74. The zero-order valence-corrected chi connectivity index (χ0v) is 16.1. The zero-order chi connectivity index (χ0) is 20.4. The fourth-order valence-corrected chi connectivity index (χ4v) is 2.13. The largest absolute Gasteiger partial charge is 0.726 e. The second kappa shape index (κ2) is 10.4. The van der Waals surface area contributed by atoms with Gasteiger partial charge in [0, 0.05) is 31.8 Å². The number of aromatic nitrogens is 2. The van der Waals surface area contributed by atoms with Crippen molar-refractivity contribution in [1.82, 2.24) is 4.57 Å². The number of nitrogens with zero attached hydrogens (tertiary/aromatic N) is 3. The molecule has 0 atom stereocenters. The minimum absolute atomic E-state index is 0.0860. The second-order valence-electron chi connectivity index (χ2n) is 5.41. The van der Waals surface area contributed by atoms with E-state index in [1.54, 1.807) is 19.2 Å². The molecule has 0 aliphatic rings. The van der Waals surface area contributed by atoms with Crippen LogP contribution in [0.3, 0.4) is 0 Å². The van der Waals surface area contributed by atoms with E-state index in [2.05, 4.69) is 19.4 Å². The van der Waals surface area contributed by atoms with Gasteiger partial charge in [0.05, 0.1) is 25.6 Å². The molecule has 1 aromatic heterocycles. The molecule has 27 heavy (non-hydrogen) atoms. The molecule has 1 heterocycles. The van der Waals surface area contributed by atoms with Crippen LogP contribution in [0.4, 0.5) is 17.1 Å². The molecule has 0 aliphatic carbocycles. The van der Waals surface area contributed by atoms with Gasteiger partial charge in [-0.2, -0.15) is 0 Å². The van der Waals surface area contributed by atoms with Crippen LogP contribution in [0.5, 0.6) is 0 Å². The molecule has 11 nitrogen and oxygen atoms in total. The number of benzene rings is 1. The molecule has 150 valence electrons. The topological polar surface area (TPSA) is 142 Å². The highest BCUT2D eigenvalue weighted by Gasteiger charge is 2.12. The van der Waals surface area contributed by atoms with Crippen LogP contribution in [0.15, 0.2) is 36.9 Å². The monoisotopic (exact) mass is 401 g/mol. The van der Waals surface area contributed by atoms with Gasteiger partial charge < -0.3 is 15.2 Å². The zero-order valence-electron chi connectivity index (χ0n) is 15.3. The van der Waals surface area contributed by atoms with Crippen LogP contribution in [-0.2, 0) is 28.2 Å². The van der Waals surface area contributed by atoms with Crippen molar-refractivity contribution in [1.29, 1.82) is 0 Å². The molecule has 0 saturated carbocycles. The lowest BCUT2D eigenvalue weighted by molar-refractivity contribution is -0.671. The average Bonchev–Trinajstić information content (AvgIpc) is 3.03. The summed E-state index contributed by atoms with van der Waals surface area (Å²) in [6.07, 6.45) is 7.04. The summed E-state index contributed by atoms with van der Waals surface area (Å²) in [7, 11) is 0.0655. The van der Waals surface area contributed by atoms with Gasteiger partial charge in [0.15, 0.2) is 0 Å². The van der Waals surface area contributed by atoms with Crippen molar-refractivity contribution in [3.8, 4) is 0 Å². The van der Waals surface area contributed by atoms with Crippen LogP contribution in [0.1, 0.15) is 6.42 Å². The predicted molar refractivity (Wildman–Crippen MR) is 98.1 cm³/mol. The van der Waals surface area contributed by atoms with E-state index in [4.69, 9.17) is 0 Å². The first-order valence-electron chi connectivity index (χ1n) is 7.88. The lowest BCUT2D eigenvalue weighted by Crippen LogP contribution is -2.23. The van der Waals surface area contributed by atoms with Crippen molar-refractivity contribution in [3.05, 3.63) is 47.0 Å². The highest BCUT2D eigenvalue weighted by Crippen LogP contribution is 2.27. The molecule has 0 aliphatic heterocycles. The molecule has 2 N–H and O–H groups in total. The Kier molecular flexibility index (Phi) is 8.65. The molecule has 0 bridgehead atoms. The number of nitro groups is 1. The molecule has 12 heteroatoms. The van der Waals surface area contributed by atoms with E-state index in [1.807, 2.05) is 30.3 Å². The summed E-state index contributed by atoms with van der Waals surface area (Å²) in [4.78, 5) is 10.5. The Bertz CT molecular complexity index is 852. The van der Waals surface area contributed by atoms with Crippen LogP contribution in [0, 0.1) is 10.1 Å². The van der Waals surface area contributed by atoms with E-state index in [-0.39, 0.29) is 10.6 Å². The lowest BCUT2D eigenvalue weighted by atomic mass is 10.2. The maximum atomic E-state index is 10.9. The fraction of sp³-hybridized carbons (Fsp3) is 0.400. The van der Waals surface area contributed by atoms with Gasteiger partial charge in [0.25, 0.3) is 5.69 Å². The normalized spacial score (nSPS) is 10.7. The van der Waals surface area contributed by atoms with Gasteiger partial charge in [-0.25, -0.2) is 17.6 Å². The number of hydrogen-bond donors (Lipinski definition) is 2. The van der Waals surface area contributed by atoms with E-state index >= 15 is 0 Å². The summed E-state index contributed by atoms with van der Waals surface area (Å²) >= 11 is 0. The number of nitro benzene ring substituents is 1.